The zero-order valence-corrected chi connectivity index (χ0v) is 12.0. The standard InChI is InChI=1S/C14H20N4O3/c1-10-8-17(7-6-11(10)15)9-14(19)16-12-4-2-3-5-13(12)18(20)21/h2-5,10-11H,6-9,15H2,1H3,(H,16,19). The first-order valence-corrected chi connectivity index (χ1v) is 6.98. The van der Waals surface area contributed by atoms with Crippen molar-refractivity contribution in [3.8, 4) is 0 Å². The molecule has 21 heavy (non-hydrogen) atoms. The van der Waals surface area contributed by atoms with Crippen molar-refractivity contribution < 1.29 is 9.72 Å². The number of likely N-dealkylation sites (tertiary alicyclic amines) is 1. The van der Waals surface area contributed by atoms with E-state index in [1.54, 1.807) is 12.1 Å². The molecule has 0 aromatic heterocycles. The molecule has 0 radical (unpaired) electrons. The van der Waals surface area contributed by atoms with Gasteiger partial charge < -0.3 is 11.1 Å². The van der Waals surface area contributed by atoms with Crippen molar-refractivity contribution in [1.82, 2.24) is 4.90 Å². The molecule has 0 saturated carbocycles. The molecule has 3 N–H and O–H groups in total. The number of nitrogens with two attached hydrogens (primary N) is 1. The molecule has 0 bridgehead atoms. The Morgan fingerprint density at radius 2 is 2.24 bits per heavy atom. The molecule has 7 heteroatoms. The smallest absolute Gasteiger partial charge is 0.292 e. The summed E-state index contributed by atoms with van der Waals surface area (Å²) in [6.07, 6.45) is 0.861. The van der Waals surface area contributed by atoms with Gasteiger partial charge in [-0.05, 0) is 18.4 Å². The van der Waals surface area contributed by atoms with Gasteiger partial charge in [-0.25, -0.2) is 0 Å². The third-order valence-corrected chi connectivity index (χ3v) is 3.80. The fourth-order valence-corrected chi connectivity index (χ4v) is 2.53. The van der Waals surface area contributed by atoms with Crippen molar-refractivity contribution >= 4 is 17.3 Å². The van der Waals surface area contributed by atoms with Crippen LogP contribution >= 0.6 is 0 Å². The molecule has 0 spiro atoms. The van der Waals surface area contributed by atoms with Crippen LogP contribution in [-0.2, 0) is 4.79 Å². The summed E-state index contributed by atoms with van der Waals surface area (Å²) >= 11 is 0. The summed E-state index contributed by atoms with van der Waals surface area (Å²) in [7, 11) is 0. The number of carbonyl (C=O) groups excluding carboxylic acids is 1. The van der Waals surface area contributed by atoms with Gasteiger partial charge in [0.1, 0.15) is 5.69 Å². The zero-order valence-electron chi connectivity index (χ0n) is 12.0. The summed E-state index contributed by atoms with van der Waals surface area (Å²) in [5.74, 6) is 0.101. The molecule has 2 atom stereocenters. The number of piperidine rings is 1. The monoisotopic (exact) mass is 292 g/mol. The molecule has 2 rings (SSSR count). The molecule has 1 aromatic carbocycles. The van der Waals surface area contributed by atoms with Crippen molar-refractivity contribution in [2.24, 2.45) is 11.7 Å². The molecule has 1 amide bonds. The number of carbonyl (C=O) groups is 1. The highest BCUT2D eigenvalue weighted by molar-refractivity contribution is 5.94. The topological polar surface area (TPSA) is 102 Å². The van der Waals surface area contributed by atoms with Crippen LogP contribution in [0.15, 0.2) is 24.3 Å². The second kappa shape index (κ2) is 6.64. The fraction of sp³-hybridized carbons (Fsp3) is 0.500. The average Bonchev–Trinajstić information content (AvgIpc) is 2.43. The van der Waals surface area contributed by atoms with Crippen LogP contribution in [0, 0.1) is 16.0 Å². The van der Waals surface area contributed by atoms with Gasteiger partial charge in [-0.3, -0.25) is 19.8 Å². The minimum absolute atomic E-state index is 0.0973. The summed E-state index contributed by atoms with van der Waals surface area (Å²) in [5.41, 5.74) is 6.08. The lowest BCUT2D eigenvalue weighted by molar-refractivity contribution is -0.383. The molecule has 2 unspecified atom stereocenters. The molecule has 1 aliphatic heterocycles. The number of nitro benzene ring substituents is 1. The van der Waals surface area contributed by atoms with Crippen LogP contribution in [0.5, 0.6) is 0 Å². The molecule has 1 aliphatic rings. The van der Waals surface area contributed by atoms with Crippen molar-refractivity contribution in [2.45, 2.75) is 19.4 Å². The Morgan fingerprint density at radius 3 is 2.90 bits per heavy atom. The Kier molecular flexibility index (Phi) is 4.87. The van der Waals surface area contributed by atoms with Crippen molar-refractivity contribution in [2.75, 3.05) is 25.0 Å². The third kappa shape index (κ3) is 3.99. The van der Waals surface area contributed by atoms with E-state index < -0.39 is 4.92 Å². The van der Waals surface area contributed by atoms with Gasteiger partial charge in [0.15, 0.2) is 0 Å². The third-order valence-electron chi connectivity index (χ3n) is 3.80. The van der Waals surface area contributed by atoms with E-state index >= 15 is 0 Å². The molecule has 0 aliphatic carbocycles. The normalized spacial score (nSPS) is 22.8. The maximum Gasteiger partial charge on any atom is 0.292 e. The highest BCUT2D eigenvalue weighted by Gasteiger charge is 2.24. The highest BCUT2D eigenvalue weighted by atomic mass is 16.6. The van der Waals surface area contributed by atoms with Crippen LogP contribution in [0.25, 0.3) is 0 Å². The van der Waals surface area contributed by atoms with E-state index in [1.807, 2.05) is 4.90 Å². The van der Waals surface area contributed by atoms with Gasteiger partial charge in [0.2, 0.25) is 5.91 Å². The van der Waals surface area contributed by atoms with E-state index in [0.717, 1.165) is 19.5 Å². The van der Waals surface area contributed by atoms with Crippen LogP contribution in [-0.4, -0.2) is 41.4 Å². The SMILES string of the molecule is CC1CN(CC(=O)Nc2ccccc2[N+](=O)[O-])CCC1N. The summed E-state index contributed by atoms with van der Waals surface area (Å²) in [5, 5.41) is 13.5. The van der Waals surface area contributed by atoms with Gasteiger partial charge in [0.05, 0.1) is 11.5 Å². The van der Waals surface area contributed by atoms with E-state index in [2.05, 4.69) is 12.2 Å². The van der Waals surface area contributed by atoms with Gasteiger partial charge in [0.25, 0.3) is 5.69 Å². The van der Waals surface area contributed by atoms with E-state index in [-0.39, 0.29) is 29.9 Å². The molecule has 1 fully saturated rings. The Hall–Kier alpha value is -1.99. The Balaban J connectivity index is 1.95. The lowest BCUT2D eigenvalue weighted by Gasteiger charge is -2.34. The molecule has 1 saturated heterocycles. The first-order valence-electron chi connectivity index (χ1n) is 6.98. The molecular weight excluding hydrogens is 272 g/mol. The van der Waals surface area contributed by atoms with Gasteiger partial charge in [-0.1, -0.05) is 19.1 Å². The van der Waals surface area contributed by atoms with Crippen molar-refractivity contribution in [1.29, 1.82) is 0 Å². The summed E-state index contributed by atoms with van der Waals surface area (Å²) in [6.45, 7) is 3.83. The largest absolute Gasteiger partial charge is 0.327 e. The first-order chi connectivity index (χ1) is 9.97. The zero-order chi connectivity index (χ0) is 15.4. The van der Waals surface area contributed by atoms with Crippen molar-refractivity contribution in [3.63, 3.8) is 0 Å². The van der Waals surface area contributed by atoms with Gasteiger partial charge in [-0.2, -0.15) is 0 Å². The number of hydrogen-bond donors (Lipinski definition) is 2. The minimum Gasteiger partial charge on any atom is -0.327 e. The van der Waals surface area contributed by atoms with E-state index in [4.69, 9.17) is 5.73 Å². The van der Waals surface area contributed by atoms with Gasteiger partial charge >= 0.3 is 0 Å². The van der Waals surface area contributed by atoms with E-state index in [0.29, 0.717) is 5.92 Å². The van der Waals surface area contributed by atoms with Gasteiger partial charge in [-0.15, -0.1) is 0 Å². The minimum atomic E-state index is -0.502. The highest BCUT2D eigenvalue weighted by Crippen LogP contribution is 2.23. The lowest BCUT2D eigenvalue weighted by atomic mass is 9.95. The maximum atomic E-state index is 12.0. The van der Waals surface area contributed by atoms with Crippen LogP contribution < -0.4 is 11.1 Å². The molecule has 1 heterocycles. The van der Waals surface area contributed by atoms with Gasteiger partial charge in [0, 0.05) is 25.2 Å². The Bertz CT molecular complexity index is 535. The van der Waals surface area contributed by atoms with Crippen molar-refractivity contribution in [3.05, 3.63) is 34.4 Å². The number of rotatable bonds is 4. The molecule has 114 valence electrons. The second-order valence-corrected chi connectivity index (χ2v) is 5.49. The quantitative estimate of drug-likeness (QED) is 0.641. The predicted octanol–water partition coefficient (Wildman–Crippen LogP) is 1.20. The van der Waals surface area contributed by atoms with Crippen LogP contribution in [0.3, 0.4) is 0 Å². The number of nitro groups is 1. The maximum absolute atomic E-state index is 12.0. The molecular formula is C14H20N4O3. The summed E-state index contributed by atoms with van der Waals surface area (Å²) in [4.78, 5) is 24.5. The van der Waals surface area contributed by atoms with Crippen LogP contribution in [0.1, 0.15) is 13.3 Å². The van der Waals surface area contributed by atoms with Crippen LogP contribution in [0.4, 0.5) is 11.4 Å². The number of nitrogens with one attached hydrogen (secondary N) is 1. The molecule has 1 aromatic rings. The van der Waals surface area contributed by atoms with Crippen LogP contribution in [0.2, 0.25) is 0 Å². The first kappa shape index (κ1) is 15.4. The summed E-state index contributed by atoms with van der Waals surface area (Å²) in [6, 6.07) is 6.31. The number of amides is 1. The average molecular weight is 292 g/mol. The Labute approximate surface area is 123 Å². The predicted molar refractivity (Wildman–Crippen MR) is 79.9 cm³/mol. The second-order valence-electron chi connectivity index (χ2n) is 5.49. The number of benzene rings is 1. The Morgan fingerprint density at radius 1 is 1.52 bits per heavy atom. The molecule has 7 nitrogen and oxygen atoms in total. The number of hydrogen-bond acceptors (Lipinski definition) is 5. The summed E-state index contributed by atoms with van der Waals surface area (Å²) < 4.78 is 0. The van der Waals surface area contributed by atoms with E-state index in [1.165, 1.54) is 12.1 Å². The van der Waals surface area contributed by atoms with E-state index in [9.17, 15) is 14.9 Å². The number of para-hydroxylation sites is 2. The fourth-order valence-electron chi connectivity index (χ4n) is 2.53. The number of anilines is 1. The lowest BCUT2D eigenvalue weighted by Crippen LogP contribution is -2.48. The number of nitrogens with zero attached hydrogens (tertiary/aromatic N) is 2.